The Morgan fingerprint density at radius 1 is 1.26 bits per heavy atom. The fraction of sp³-hybridized carbons (Fsp3) is 0.647. The highest BCUT2D eigenvalue weighted by Crippen LogP contribution is 2.27. The van der Waals surface area contributed by atoms with Gasteiger partial charge in [-0.25, -0.2) is 0 Å². The summed E-state index contributed by atoms with van der Waals surface area (Å²) in [5.41, 5.74) is 9.73. The first-order valence-electron chi connectivity index (χ1n) is 7.79. The lowest BCUT2D eigenvalue weighted by molar-refractivity contribution is 0.435. The van der Waals surface area contributed by atoms with Gasteiger partial charge in [-0.2, -0.15) is 0 Å². The molecule has 2 rings (SSSR count). The Morgan fingerprint density at radius 2 is 2.11 bits per heavy atom. The molecule has 1 aromatic carbocycles. The minimum atomic E-state index is 0.639. The summed E-state index contributed by atoms with van der Waals surface area (Å²) in [5, 5.41) is 0. The van der Waals surface area contributed by atoms with E-state index in [-0.39, 0.29) is 0 Å². The van der Waals surface area contributed by atoms with E-state index in [2.05, 4.69) is 36.9 Å². The molecule has 0 aromatic heterocycles. The van der Waals surface area contributed by atoms with Crippen LogP contribution in [-0.2, 0) is 6.54 Å². The molecule has 1 unspecified atom stereocenters. The molecule has 1 heterocycles. The number of hydrogen-bond acceptors (Lipinski definition) is 2. The average molecular weight is 260 g/mol. The second-order valence-electron chi connectivity index (χ2n) is 5.90. The highest BCUT2D eigenvalue weighted by Gasteiger charge is 2.17. The van der Waals surface area contributed by atoms with Gasteiger partial charge >= 0.3 is 0 Å². The average Bonchev–Trinajstić information content (AvgIpc) is 2.65. The van der Waals surface area contributed by atoms with Gasteiger partial charge in [0.2, 0.25) is 0 Å². The summed E-state index contributed by atoms with van der Waals surface area (Å²) >= 11 is 0. The maximum absolute atomic E-state index is 5.71. The van der Waals surface area contributed by atoms with Crippen LogP contribution in [0.25, 0.3) is 0 Å². The zero-order valence-electron chi connectivity index (χ0n) is 12.5. The SMILES string of the molecule is CCCC1CCCN(c2ccc(CN)cc2C)CC1. The van der Waals surface area contributed by atoms with E-state index in [1.54, 1.807) is 0 Å². The fourth-order valence-electron chi connectivity index (χ4n) is 3.30. The number of hydrogen-bond donors (Lipinski definition) is 1. The highest BCUT2D eigenvalue weighted by atomic mass is 15.1. The zero-order chi connectivity index (χ0) is 13.7. The Labute approximate surface area is 118 Å². The largest absolute Gasteiger partial charge is 0.371 e. The van der Waals surface area contributed by atoms with Gasteiger partial charge < -0.3 is 10.6 Å². The molecule has 0 radical (unpaired) electrons. The van der Waals surface area contributed by atoms with E-state index in [1.165, 1.54) is 62.0 Å². The lowest BCUT2D eigenvalue weighted by Gasteiger charge is -2.25. The normalized spacial score (nSPS) is 20.4. The number of nitrogens with zero attached hydrogens (tertiary/aromatic N) is 1. The molecule has 0 spiro atoms. The highest BCUT2D eigenvalue weighted by molar-refractivity contribution is 5.54. The summed E-state index contributed by atoms with van der Waals surface area (Å²) in [4.78, 5) is 2.57. The third-order valence-electron chi connectivity index (χ3n) is 4.38. The monoisotopic (exact) mass is 260 g/mol. The van der Waals surface area contributed by atoms with Gasteiger partial charge in [0, 0.05) is 25.3 Å². The van der Waals surface area contributed by atoms with Gasteiger partial charge in [0.25, 0.3) is 0 Å². The van der Waals surface area contributed by atoms with Crippen molar-refractivity contribution in [1.29, 1.82) is 0 Å². The Hall–Kier alpha value is -1.02. The lowest BCUT2D eigenvalue weighted by Crippen LogP contribution is -2.25. The standard InChI is InChI=1S/C17H28N2/c1-3-5-15-6-4-10-19(11-9-15)17-8-7-16(13-18)12-14(17)2/h7-8,12,15H,3-6,9-11,13,18H2,1-2H3. The molecule has 2 nitrogen and oxygen atoms in total. The van der Waals surface area contributed by atoms with E-state index in [1.807, 2.05) is 0 Å². The molecule has 2 N–H and O–H groups in total. The van der Waals surface area contributed by atoms with Crippen LogP contribution < -0.4 is 10.6 Å². The van der Waals surface area contributed by atoms with Gasteiger partial charge in [0.05, 0.1) is 0 Å². The number of aryl methyl sites for hydroxylation is 1. The maximum atomic E-state index is 5.71. The van der Waals surface area contributed by atoms with Crippen LogP contribution in [0.1, 0.15) is 50.2 Å². The Morgan fingerprint density at radius 3 is 2.79 bits per heavy atom. The Kier molecular flexibility index (Phi) is 5.26. The first-order valence-corrected chi connectivity index (χ1v) is 7.79. The van der Waals surface area contributed by atoms with Gasteiger partial charge in [-0.05, 0) is 49.3 Å². The molecule has 1 fully saturated rings. The number of rotatable bonds is 4. The summed E-state index contributed by atoms with van der Waals surface area (Å²) in [6, 6.07) is 6.68. The van der Waals surface area contributed by atoms with E-state index in [0.29, 0.717) is 6.54 Å². The van der Waals surface area contributed by atoms with E-state index < -0.39 is 0 Å². The van der Waals surface area contributed by atoms with Gasteiger partial charge in [-0.15, -0.1) is 0 Å². The van der Waals surface area contributed by atoms with Crippen molar-refractivity contribution in [1.82, 2.24) is 0 Å². The molecule has 19 heavy (non-hydrogen) atoms. The first-order chi connectivity index (χ1) is 9.24. The molecular formula is C17H28N2. The third kappa shape index (κ3) is 3.73. The van der Waals surface area contributed by atoms with Crippen molar-refractivity contribution < 1.29 is 0 Å². The third-order valence-corrected chi connectivity index (χ3v) is 4.38. The maximum Gasteiger partial charge on any atom is 0.0396 e. The van der Waals surface area contributed by atoms with Crippen LogP contribution in [0, 0.1) is 12.8 Å². The van der Waals surface area contributed by atoms with Crippen molar-refractivity contribution in [2.24, 2.45) is 11.7 Å². The van der Waals surface area contributed by atoms with E-state index in [4.69, 9.17) is 5.73 Å². The number of benzene rings is 1. The lowest BCUT2D eigenvalue weighted by atomic mass is 9.96. The van der Waals surface area contributed by atoms with E-state index >= 15 is 0 Å². The second-order valence-corrected chi connectivity index (χ2v) is 5.90. The number of nitrogens with two attached hydrogens (primary N) is 1. The van der Waals surface area contributed by atoms with Crippen LogP contribution in [0.5, 0.6) is 0 Å². The molecular weight excluding hydrogens is 232 g/mol. The Bertz CT molecular complexity index is 400. The molecule has 0 saturated carbocycles. The van der Waals surface area contributed by atoms with Gasteiger partial charge in [-0.3, -0.25) is 0 Å². The smallest absolute Gasteiger partial charge is 0.0396 e. The van der Waals surface area contributed by atoms with Gasteiger partial charge in [0.1, 0.15) is 0 Å². The molecule has 1 aliphatic rings. The topological polar surface area (TPSA) is 29.3 Å². The van der Waals surface area contributed by atoms with E-state index in [0.717, 1.165) is 5.92 Å². The van der Waals surface area contributed by atoms with Crippen LogP contribution in [0.2, 0.25) is 0 Å². The molecule has 1 aliphatic heterocycles. The molecule has 0 aliphatic carbocycles. The molecule has 1 saturated heterocycles. The first kappa shape index (κ1) is 14.4. The molecule has 1 atom stereocenters. The summed E-state index contributed by atoms with van der Waals surface area (Å²) in [5.74, 6) is 0.943. The number of anilines is 1. The predicted molar refractivity (Wildman–Crippen MR) is 83.5 cm³/mol. The summed E-state index contributed by atoms with van der Waals surface area (Å²) < 4.78 is 0. The summed E-state index contributed by atoms with van der Waals surface area (Å²) in [6.07, 6.45) is 6.83. The second kappa shape index (κ2) is 6.95. The summed E-state index contributed by atoms with van der Waals surface area (Å²) in [6.45, 7) is 7.58. The van der Waals surface area contributed by atoms with Crippen molar-refractivity contribution in [3.8, 4) is 0 Å². The van der Waals surface area contributed by atoms with Crippen LogP contribution >= 0.6 is 0 Å². The van der Waals surface area contributed by atoms with Crippen molar-refractivity contribution in [2.45, 2.75) is 52.5 Å². The zero-order valence-corrected chi connectivity index (χ0v) is 12.5. The molecule has 0 bridgehead atoms. The van der Waals surface area contributed by atoms with Crippen molar-refractivity contribution in [3.63, 3.8) is 0 Å². The van der Waals surface area contributed by atoms with Crippen LogP contribution in [-0.4, -0.2) is 13.1 Å². The van der Waals surface area contributed by atoms with Crippen LogP contribution in [0.15, 0.2) is 18.2 Å². The van der Waals surface area contributed by atoms with Gasteiger partial charge in [-0.1, -0.05) is 31.9 Å². The quantitative estimate of drug-likeness (QED) is 0.890. The van der Waals surface area contributed by atoms with Crippen molar-refractivity contribution in [3.05, 3.63) is 29.3 Å². The minimum Gasteiger partial charge on any atom is -0.371 e. The van der Waals surface area contributed by atoms with Gasteiger partial charge in [0.15, 0.2) is 0 Å². The molecule has 0 amide bonds. The predicted octanol–water partition coefficient (Wildman–Crippen LogP) is 3.86. The Balaban J connectivity index is 2.05. The fourth-order valence-corrected chi connectivity index (χ4v) is 3.30. The van der Waals surface area contributed by atoms with Crippen molar-refractivity contribution in [2.75, 3.05) is 18.0 Å². The van der Waals surface area contributed by atoms with E-state index in [9.17, 15) is 0 Å². The summed E-state index contributed by atoms with van der Waals surface area (Å²) in [7, 11) is 0. The molecule has 1 aromatic rings. The van der Waals surface area contributed by atoms with Crippen molar-refractivity contribution >= 4 is 5.69 Å². The molecule has 106 valence electrons. The minimum absolute atomic E-state index is 0.639. The molecule has 2 heteroatoms. The van der Waals surface area contributed by atoms with Crippen LogP contribution in [0.3, 0.4) is 0 Å². The van der Waals surface area contributed by atoms with Crippen LogP contribution in [0.4, 0.5) is 5.69 Å².